The summed E-state index contributed by atoms with van der Waals surface area (Å²) in [6, 6.07) is 10.8. The van der Waals surface area contributed by atoms with Crippen LogP contribution in [0.2, 0.25) is 0 Å². The average molecular weight is 588 g/mol. The maximum absolute atomic E-state index is 12.3. The second kappa shape index (κ2) is 11.9. The number of nitrogens with one attached hydrogen (secondary N) is 2. The molecule has 0 fully saturated rings. The fraction of sp³-hybridized carbons (Fsp3) is 0.286. The molecule has 160 valence electrons. The Hall–Kier alpha value is -2.14. The second-order valence-corrected chi connectivity index (χ2v) is 8.32. The average Bonchev–Trinajstić information content (AvgIpc) is 2.73. The van der Waals surface area contributed by atoms with Crippen molar-refractivity contribution in [2.24, 2.45) is 11.0 Å². The summed E-state index contributed by atoms with van der Waals surface area (Å²) in [5, 5.41) is 6.68. The van der Waals surface area contributed by atoms with Crippen molar-refractivity contribution in [1.82, 2.24) is 5.43 Å². The zero-order valence-corrected chi connectivity index (χ0v) is 20.6. The number of para-hydroxylation sites is 1. The van der Waals surface area contributed by atoms with E-state index in [0.717, 1.165) is 20.0 Å². The van der Waals surface area contributed by atoms with Crippen LogP contribution in [0.4, 0.5) is 5.69 Å². The number of hydrogen-bond donors (Lipinski definition) is 2. The van der Waals surface area contributed by atoms with Crippen LogP contribution in [-0.4, -0.2) is 31.7 Å². The first kappa shape index (κ1) is 24.1. The number of carbonyl (C=O) groups is 2. The first-order chi connectivity index (χ1) is 14.4. The Bertz CT molecular complexity index is 936. The Morgan fingerprint density at radius 3 is 2.67 bits per heavy atom. The van der Waals surface area contributed by atoms with Crippen molar-refractivity contribution in [2.45, 2.75) is 20.3 Å². The molecule has 2 rings (SSSR count). The molecule has 0 saturated carbocycles. The van der Waals surface area contributed by atoms with Gasteiger partial charge in [0, 0.05) is 4.47 Å². The molecule has 0 aromatic heterocycles. The smallest absolute Gasteiger partial charge is 0.252 e. The van der Waals surface area contributed by atoms with Crippen LogP contribution >= 0.6 is 38.5 Å². The normalized spacial score (nSPS) is 11.8. The molecular formula is C21H23BrIN3O4. The van der Waals surface area contributed by atoms with E-state index in [1.165, 1.54) is 13.1 Å². The van der Waals surface area contributed by atoms with Gasteiger partial charge in [0.15, 0.2) is 11.5 Å². The van der Waals surface area contributed by atoms with E-state index >= 15 is 0 Å². The molecule has 1 unspecified atom stereocenters. The highest BCUT2D eigenvalue weighted by atomic mass is 127. The van der Waals surface area contributed by atoms with E-state index in [-0.39, 0.29) is 0 Å². The minimum Gasteiger partial charge on any atom is -0.493 e. The lowest BCUT2D eigenvalue weighted by Gasteiger charge is -2.13. The van der Waals surface area contributed by atoms with Gasteiger partial charge in [0.05, 0.1) is 29.2 Å². The van der Waals surface area contributed by atoms with E-state index < -0.39 is 17.7 Å². The lowest BCUT2D eigenvalue weighted by atomic mass is 10.1. The number of hydrazone groups is 1. The Labute approximate surface area is 197 Å². The highest BCUT2D eigenvalue weighted by molar-refractivity contribution is 14.1. The topological polar surface area (TPSA) is 89.0 Å². The van der Waals surface area contributed by atoms with Gasteiger partial charge in [-0.15, -0.1) is 0 Å². The van der Waals surface area contributed by atoms with Crippen LogP contribution in [0.15, 0.2) is 46.0 Å². The van der Waals surface area contributed by atoms with Gasteiger partial charge in [0.25, 0.3) is 5.91 Å². The van der Waals surface area contributed by atoms with Crippen molar-refractivity contribution < 1.29 is 19.1 Å². The number of nitrogens with zero attached hydrogens (tertiary/aromatic N) is 1. The molecule has 0 aliphatic rings. The van der Waals surface area contributed by atoms with Gasteiger partial charge in [-0.3, -0.25) is 9.59 Å². The van der Waals surface area contributed by atoms with Gasteiger partial charge in [-0.1, -0.05) is 19.1 Å². The first-order valence-electron chi connectivity index (χ1n) is 9.26. The Kier molecular flexibility index (Phi) is 9.57. The molecule has 2 amide bonds. The Balaban J connectivity index is 2.00. The number of rotatable bonds is 9. The number of anilines is 1. The van der Waals surface area contributed by atoms with E-state index in [2.05, 4.69) is 54.4 Å². The van der Waals surface area contributed by atoms with Crippen LogP contribution < -0.4 is 20.2 Å². The molecule has 7 nitrogen and oxygen atoms in total. The number of benzene rings is 2. The van der Waals surface area contributed by atoms with Crippen molar-refractivity contribution in [2.75, 3.05) is 19.0 Å². The molecule has 0 aliphatic carbocycles. The van der Waals surface area contributed by atoms with Crippen LogP contribution in [-0.2, 0) is 9.59 Å². The van der Waals surface area contributed by atoms with Gasteiger partial charge in [0.1, 0.15) is 5.92 Å². The third-order valence-electron chi connectivity index (χ3n) is 4.01. The molecule has 0 aliphatic heterocycles. The number of halogens is 2. The number of hydrogen-bond acceptors (Lipinski definition) is 5. The van der Waals surface area contributed by atoms with Crippen molar-refractivity contribution >= 4 is 62.2 Å². The van der Waals surface area contributed by atoms with E-state index in [4.69, 9.17) is 9.47 Å². The van der Waals surface area contributed by atoms with Crippen LogP contribution in [0.3, 0.4) is 0 Å². The van der Waals surface area contributed by atoms with E-state index in [0.29, 0.717) is 23.8 Å². The Morgan fingerprint density at radius 1 is 1.27 bits per heavy atom. The van der Waals surface area contributed by atoms with Gasteiger partial charge >= 0.3 is 0 Å². The standard InChI is InChI=1S/C21H23BrIN3O4/c1-4-9-30-19-16(23)10-14(11-18(19)29-3)12-24-26-21(28)13(2)20(27)25-17-8-6-5-7-15(17)22/h5-8,10-13H,4,9H2,1-3H3,(H,25,27)(H,26,28). The molecular weight excluding hydrogens is 565 g/mol. The summed E-state index contributed by atoms with van der Waals surface area (Å²) in [5.74, 6) is -0.597. The lowest BCUT2D eigenvalue weighted by molar-refractivity contribution is -0.131. The third kappa shape index (κ3) is 6.69. The monoisotopic (exact) mass is 587 g/mol. The van der Waals surface area contributed by atoms with Crippen LogP contribution in [0.25, 0.3) is 0 Å². The molecule has 0 saturated heterocycles. The summed E-state index contributed by atoms with van der Waals surface area (Å²) in [5.41, 5.74) is 3.72. The summed E-state index contributed by atoms with van der Waals surface area (Å²) >= 11 is 5.52. The Morgan fingerprint density at radius 2 is 2.00 bits per heavy atom. The lowest BCUT2D eigenvalue weighted by Crippen LogP contribution is -2.34. The quantitative estimate of drug-likeness (QED) is 0.195. The van der Waals surface area contributed by atoms with Crippen LogP contribution in [0.1, 0.15) is 25.8 Å². The van der Waals surface area contributed by atoms with Crippen molar-refractivity contribution in [3.05, 3.63) is 50.0 Å². The van der Waals surface area contributed by atoms with Crippen LogP contribution in [0, 0.1) is 9.49 Å². The predicted octanol–water partition coefficient (Wildman–Crippen LogP) is 4.58. The molecule has 0 heterocycles. The fourth-order valence-electron chi connectivity index (χ4n) is 2.35. The van der Waals surface area contributed by atoms with Crippen LogP contribution in [0.5, 0.6) is 11.5 Å². The summed E-state index contributed by atoms with van der Waals surface area (Å²) in [6.45, 7) is 4.14. The minimum atomic E-state index is -0.922. The SMILES string of the molecule is CCCOc1c(I)cc(C=NNC(=O)C(C)C(=O)Nc2ccccc2Br)cc1OC. The van der Waals surface area contributed by atoms with Gasteiger partial charge in [-0.25, -0.2) is 5.43 Å². The zero-order chi connectivity index (χ0) is 22.1. The number of methoxy groups -OCH3 is 1. The van der Waals surface area contributed by atoms with Gasteiger partial charge in [-0.2, -0.15) is 5.10 Å². The summed E-state index contributed by atoms with van der Waals surface area (Å²) in [7, 11) is 1.57. The molecule has 30 heavy (non-hydrogen) atoms. The van der Waals surface area contributed by atoms with E-state index in [9.17, 15) is 9.59 Å². The first-order valence-corrected chi connectivity index (χ1v) is 11.1. The maximum Gasteiger partial charge on any atom is 0.252 e. The largest absolute Gasteiger partial charge is 0.493 e. The number of carbonyl (C=O) groups excluding carboxylic acids is 2. The zero-order valence-electron chi connectivity index (χ0n) is 16.9. The maximum atomic E-state index is 12.3. The summed E-state index contributed by atoms with van der Waals surface area (Å²) in [4.78, 5) is 24.6. The van der Waals surface area contributed by atoms with Crippen molar-refractivity contribution in [3.8, 4) is 11.5 Å². The molecule has 2 N–H and O–H groups in total. The second-order valence-electron chi connectivity index (χ2n) is 6.31. The molecule has 0 bridgehead atoms. The third-order valence-corrected chi connectivity index (χ3v) is 5.50. The molecule has 9 heteroatoms. The molecule has 0 spiro atoms. The summed E-state index contributed by atoms with van der Waals surface area (Å²) in [6.07, 6.45) is 2.38. The molecule has 2 aromatic rings. The molecule has 2 aromatic carbocycles. The molecule has 0 radical (unpaired) electrons. The van der Waals surface area contributed by atoms with Gasteiger partial charge in [0.2, 0.25) is 5.91 Å². The predicted molar refractivity (Wildman–Crippen MR) is 129 cm³/mol. The van der Waals surface area contributed by atoms with Crippen molar-refractivity contribution in [1.29, 1.82) is 0 Å². The number of ether oxygens (including phenoxy) is 2. The van der Waals surface area contributed by atoms with Gasteiger partial charge in [-0.05, 0) is 81.7 Å². The minimum absolute atomic E-state index is 0.428. The van der Waals surface area contributed by atoms with Crippen molar-refractivity contribution in [3.63, 3.8) is 0 Å². The number of amides is 2. The highest BCUT2D eigenvalue weighted by Crippen LogP contribution is 2.33. The summed E-state index contributed by atoms with van der Waals surface area (Å²) < 4.78 is 12.7. The fourth-order valence-corrected chi connectivity index (χ4v) is 3.51. The molecule has 1 atom stereocenters. The highest BCUT2D eigenvalue weighted by Gasteiger charge is 2.21. The van der Waals surface area contributed by atoms with E-state index in [1.807, 2.05) is 19.1 Å². The van der Waals surface area contributed by atoms with E-state index in [1.54, 1.807) is 31.4 Å². The van der Waals surface area contributed by atoms with Gasteiger partial charge < -0.3 is 14.8 Å².